The number of pyridine rings is 1. The first-order chi connectivity index (χ1) is 11.8. The van der Waals surface area contributed by atoms with Crippen LogP contribution in [0.5, 0.6) is 5.75 Å². The highest BCUT2D eigenvalue weighted by molar-refractivity contribution is 8.00. The van der Waals surface area contributed by atoms with Crippen LogP contribution in [0.1, 0.15) is 26.3 Å². The van der Waals surface area contributed by atoms with Crippen LogP contribution in [0.25, 0.3) is 10.9 Å². The second-order valence-corrected chi connectivity index (χ2v) is 6.99. The predicted octanol–water partition coefficient (Wildman–Crippen LogP) is 3.19. The molecule has 0 saturated carbocycles. The smallest absolute Gasteiger partial charge is 0.274 e. The van der Waals surface area contributed by atoms with Crippen molar-refractivity contribution >= 4 is 28.6 Å². The van der Waals surface area contributed by atoms with Crippen molar-refractivity contribution in [3.05, 3.63) is 36.0 Å². The number of ether oxygens (including phenoxy) is 1. The summed E-state index contributed by atoms with van der Waals surface area (Å²) in [5.41, 5.74) is 6.38. The van der Waals surface area contributed by atoms with E-state index in [2.05, 4.69) is 22.7 Å². The molecule has 0 aliphatic rings. The average molecular weight is 352 g/mol. The Morgan fingerprint density at radius 2 is 2.08 bits per heavy atom. The zero-order chi connectivity index (χ0) is 18.7. The van der Waals surface area contributed by atoms with Crippen molar-refractivity contribution in [2.24, 2.45) is 11.1 Å². The van der Waals surface area contributed by atoms with Crippen LogP contribution in [-0.2, 0) is 4.79 Å². The van der Waals surface area contributed by atoms with Gasteiger partial charge in [0.1, 0.15) is 5.75 Å². The second-order valence-electron chi connectivity index (χ2n) is 6.01. The van der Waals surface area contributed by atoms with Gasteiger partial charge in [0.25, 0.3) is 5.91 Å². The molecule has 0 aliphatic heterocycles. The Hall–Kier alpha value is -2.63. The molecular weight excluding hydrogens is 332 g/mol. The number of amides is 1. The first-order valence-electron chi connectivity index (χ1n) is 7.64. The summed E-state index contributed by atoms with van der Waals surface area (Å²) in [7, 11) is 0. The molecule has 1 amide bonds. The maximum Gasteiger partial charge on any atom is 0.274 e. The molecule has 1 atom stereocenters. The standard InChI is InChI=1S/C20H20N2O2S/c1-6-10-19(3,4)20(25-5,18(21)23)24-16-8-9-17-15(12-16)11-14(7-2)13-22-17/h2,8-9,11-13H,1,3-5H3,(H2,21,23). The number of benzene rings is 1. The number of rotatable bonds is 5. The van der Waals surface area contributed by atoms with Crippen LogP contribution in [0.3, 0.4) is 0 Å². The van der Waals surface area contributed by atoms with Gasteiger partial charge in [-0.1, -0.05) is 11.8 Å². The van der Waals surface area contributed by atoms with Crippen molar-refractivity contribution < 1.29 is 9.53 Å². The van der Waals surface area contributed by atoms with Gasteiger partial charge in [-0.25, -0.2) is 0 Å². The van der Waals surface area contributed by atoms with Crippen molar-refractivity contribution in [2.45, 2.75) is 25.7 Å². The lowest BCUT2D eigenvalue weighted by Gasteiger charge is -2.39. The molecule has 0 fully saturated rings. The molecule has 1 heterocycles. The lowest BCUT2D eigenvalue weighted by Crippen LogP contribution is -2.56. The second kappa shape index (κ2) is 7.09. The van der Waals surface area contributed by atoms with E-state index in [-0.39, 0.29) is 0 Å². The molecule has 5 heteroatoms. The number of thioether (sulfide) groups is 1. The molecule has 2 rings (SSSR count). The Labute approximate surface area is 152 Å². The van der Waals surface area contributed by atoms with Gasteiger partial charge in [-0.15, -0.1) is 24.1 Å². The molecule has 0 bridgehead atoms. The van der Waals surface area contributed by atoms with Gasteiger partial charge >= 0.3 is 0 Å². The molecule has 1 aromatic heterocycles. The number of carbonyl (C=O) groups excluding carboxylic acids is 1. The summed E-state index contributed by atoms with van der Waals surface area (Å²) in [5.74, 6) is 8.36. The molecule has 2 aromatic rings. The van der Waals surface area contributed by atoms with Gasteiger partial charge in [0.05, 0.1) is 10.9 Å². The average Bonchev–Trinajstić information content (AvgIpc) is 2.58. The van der Waals surface area contributed by atoms with E-state index >= 15 is 0 Å². The van der Waals surface area contributed by atoms with E-state index in [1.54, 1.807) is 31.5 Å². The molecule has 0 saturated heterocycles. The van der Waals surface area contributed by atoms with Crippen molar-refractivity contribution in [2.75, 3.05) is 6.26 Å². The number of hydrogen-bond donors (Lipinski definition) is 1. The number of nitrogens with two attached hydrogens (primary N) is 1. The lowest BCUT2D eigenvalue weighted by molar-refractivity contribution is -0.131. The van der Waals surface area contributed by atoms with Gasteiger partial charge in [0.2, 0.25) is 4.93 Å². The summed E-state index contributed by atoms with van der Waals surface area (Å²) in [4.78, 5) is 15.3. The summed E-state index contributed by atoms with van der Waals surface area (Å²) < 4.78 is 6.12. The third-order valence-electron chi connectivity index (χ3n) is 3.95. The molecule has 2 N–H and O–H groups in total. The number of carbonyl (C=O) groups is 1. The molecule has 4 nitrogen and oxygen atoms in total. The van der Waals surface area contributed by atoms with Crippen LogP contribution >= 0.6 is 11.8 Å². The summed E-state index contributed by atoms with van der Waals surface area (Å²) in [5, 5.41) is 0.826. The minimum atomic E-state index is -1.33. The molecule has 25 heavy (non-hydrogen) atoms. The SMILES string of the molecule is C#Cc1cnc2ccc(OC(SC)(C(N)=O)C(C)(C)C#CC)cc2c1. The lowest BCUT2D eigenvalue weighted by atomic mass is 9.85. The van der Waals surface area contributed by atoms with Gasteiger partial charge in [-0.05, 0) is 51.3 Å². The van der Waals surface area contributed by atoms with Crippen molar-refractivity contribution in [1.29, 1.82) is 0 Å². The van der Waals surface area contributed by atoms with Crippen LogP contribution in [0.15, 0.2) is 30.5 Å². The Morgan fingerprint density at radius 3 is 2.64 bits per heavy atom. The van der Waals surface area contributed by atoms with E-state index in [0.717, 1.165) is 10.9 Å². The van der Waals surface area contributed by atoms with Gasteiger partial charge in [-0.3, -0.25) is 9.78 Å². The van der Waals surface area contributed by atoms with E-state index in [1.807, 2.05) is 26.0 Å². The number of aromatic nitrogens is 1. The van der Waals surface area contributed by atoms with E-state index in [1.165, 1.54) is 11.8 Å². The maximum absolute atomic E-state index is 12.3. The Bertz CT molecular complexity index is 919. The molecule has 128 valence electrons. The zero-order valence-corrected chi connectivity index (χ0v) is 15.5. The number of nitrogens with zero attached hydrogens (tertiary/aromatic N) is 1. The molecule has 1 unspecified atom stereocenters. The topological polar surface area (TPSA) is 65.2 Å². The highest BCUT2D eigenvalue weighted by Crippen LogP contribution is 2.42. The number of fused-ring (bicyclic) bond motifs is 1. The Balaban J connectivity index is 2.55. The third kappa shape index (κ3) is 3.43. The monoisotopic (exact) mass is 352 g/mol. The van der Waals surface area contributed by atoms with Crippen LogP contribution in [-0.4, -0.2) is 22.1 Å². The highest BCUT2D eigenvalue weighted by Gasteiger charge is 2.52. The van der Waals surface area contributed by atoms with E-state index in [9.17, 15) is 4.79 Å². The van der Waals surface area contributed by atoms with Crippen molar-refractivity contribution in [1.82, 2.24) is 4.98 Å². The normalized spacial score (nSPS) is 13.2. The molecule has 0 radical (unpaired) electrons. The van der Waals surface area contributed by atoms with Crippen LogP contribution in [0.4, 0.5) is 0 Å². The molecular formula is C20H20N2O2S. The van der Waals surface area contributed by atoms with Crippen LogP contribution < -0.4 is 10.5 Å². The zero-order valence-electron chi connectivity index (χ0n) is 14.7. The van der Waals surface area contributed by atoms with E-state index in [4.69, 9.17) is 16.9 Å². The van der Waals surface area contributed by atoms with Gasteiger partial charge in [0.15, 0.2) is 0 Å². The van der Waals surface area contributed by atoms with Crippen LogP contribution in [0.2, 0.25) is 0 Å². The number of hydrogen-bond acceptors (Lipinski definition) is 4. The largest absolute Gasteiger partial charge is 0.465 e. The van der Waals surface area contributed by atoms with Crippen molar-refractivity contribution in [3.63, 3.8) is 0 Å². The molecule has 1 aromatic carbocycles. The summed E-state index contributed by atoms with van der Waals surface area (Å²) in [6, 6.07) is 7.22. The van der Waals surface area contributed by atoms with E-state index in [0.29, 0.717) is 11.3 Å². The first-order valence-corrected chi connectivity index (χ1v) is 8.86. The third-order valence-corrected chi connectivity index (χ3v) is 5.32. The predicted molar refractivity (Wildman–Crippen MR) is 103 cm³/mol. The molecule has 0 aliphatic carbocycles. The molecule has 0 spiro atoms. The highest BCUT2D eigenvalue weighted by atomic mass is 32.2. The minimum Gasteiger partial charge on any atom is -0.465 e. The summed E-state index contributed by atoms with van der Waals surface area (Å²) in [6.07, 6.45) is 8.85. The fraction of sp³-hybridized carbons (Fsp3) is 0.300. The van der Waals surface area contributed by atoms with Gasteiger partial charge in [0, 0.05) is 17.1 Å². The fourth-order valence-corrected chi connectivity index (χ4v) is 3.64. The Morgan fingerprint density at radius 1 is 1.36 bits per heavy atom. The van der Waals surface area contributed by atoms with Crippen LogP contribution in [0, 0.1) is 29.6 Å². The van der Waals surface area contributed by atoms with Gasteiger partial charge < -0.3 is 10.5 Å². The first kappa shape index (κ1) is 18.7. The Kier molecular flexibility index (Phi) is 5.30. The summed E-state index contributed by atoms with van der Waals surface area (Å²) in [6.45, 7) is 5.39. The minimum absolute atomic E-state index is 0.502. The number of primary amides is 1. The van der Waals surface area contributed by atoms with Crippen molar-refractivity contribution in [3.8, 4) is 29.9 Å². The number of terminal acetylenes is 1. The van der Waals surface area contributed by atoms with E-state index < -0.39 is 16.3 Å². The summed E-state index contributed by atoms with van der Waals surface area (Å²) >= 11 is 1.23. The fourth-order valence-electron chi connectivity index (χ4n) is 2.70. The van der Waals surface area contributed by atoms with Gasteiger partial charge in [-0.2, -0.15) is 0 Å². The quantitative estimate of drug-likeness (QED) is 0.663. The maximum atomic E-state index is 12.3.